The van der Waals surface area contributed by atoms with Gasteiger partial charge in [-0.1, -0.05) is 11.6 Å². The number of aliphatic hydroxyl groups is 1. The van der Waals surface area contributed by atoms with Crippen molar-refractivity contribution in [1.29, 1.82) is 0 Å². The van der Waals surface area contributed by atoms with Crippen molar-refractivity contribution in [2.45, 2.75) is 20.0 Å². The summed E-state index contributed by atoms with van der Waals surface area (Å²) in [5.41, 5.74) is 0. The van der Waals surface area contributed by atoms with E-state index in [2.05, 4.69) is 15.6 Å². The Kier molecular flexibility index (Phi) is 12.4. The molecular formula is C13H23ClIN3O2S. The summed E-state index contributed by atoms with van der Waals surface area (Å²) in [4.78, 5) is 5.17. The molecule has 1 unspecified atom stereocenters. The predicted molar refractivity (Wildman–Crippen MR) is 100 cm³/mol. The van der Waals surface area contributed by atoms with E-state index in [0.29, 0.717) is 36.6 Å². The van der Waals surface area contributed by atoms with Crippen molar-refractivity contribution >= 4 is 52.9 Å². The molecule has 0 fully saturated rings. The van der Waals surface area contributed by atoms with Gasteiger partial charge in [0.15, 0.2) is 5.96 Å². The minimum atomic E-state index is -0.630. The van der Waals surface area contributed by atoms with Gasteiger partial charge >= 0.3 is 0 Å². The molecule has 0 saturated heterocycles. The Hall–Kier alpha value is -0.0900. The average Bonchev–Trinajstić information content (AvgIpc) is 2.87. The molecule has 1 aromatic rings. The molecule has 0 radical (unpaired) electrons. The molecule has 21 heavy (non-hydrogen) atoms. The molecule has 0 bridgehead atoms. The number of hydrogen-bond donors (Lipinski definition) is 3. The summed E-state index contributed by atoms with van der Waals surface area (Å²) >= 11 is 7.22. The summed E-state index contributed by atoms with van der Waals surface area (Å²) in [6.07, 6.45) is -0.630. The minimum Gasteiger partial charge on any atom is -0.386 e. The van der Waals surface area contributed by atoms with Crippen LogP contribution >= 0.6 is 46.9 Å². The Bertz CT molecular complexity index is 418. The van der Waals surface area contributed by atoms with Crippen molar-refractivity contribution in [2.75, 3.05) is 32.8 Å². The third-order valence-electron chi connectivity index (χ3n) is 2.43. The van der Waals surface area contributed by atoms with Crippen LogP contribution in [-0.2, 0) is 4.74 Å². The number of hydrogen-bond acceptors (Lipinski definition) is 4. The van der Waals surface area contributed by atoms with Gasteiger partial charge < -0.3 is 20.5 Å². The lowest BCUT2D eigenvalue weighted by Crippen LogP contribution is -2.39. The SMILES string of the molecule is CCNC(=NCC(O)c1ccc(Cl)s1)NCCOCC.I. The molecule has 1 heterocycles. The van der Waals surface area contributed by atoms with E-state index in [1.54, 1.807) is 6.07 Å². The first-order valence-electron chi connectivity index (χ1n) is 6.70. The van der Waals surface area contributed by atoms with E-state index in [4.69, 9.17) is 16.3 Å². The molecule has 1 atom stereocenters. The zero-order valence-electron chi connectivity index (χ0n) is 12.3. The summed E-state index contributed by atoms with van der Waals surface area (Å²) in [5, 5.41) is 16.3. The molecule has 0 spiro atoms. The van der Waals surface area contributed by atoms with Gasteiger partial charge in [-0.15, -0.1) is 35.3 Å². The fourth-order valence-electron chi connectivity index (χ4n) is 1.50. The van der Waals surface area contributed by atoms with Gasteiger partial charge in [0.2, 0.25) is 0 Å². The van der Waals surface area contributed by atoms with Crippen LogP contribution in [0.1, 0.15) is 24.8 Å². The van der Waals surface area contributed by atoms with Crippen LogP contribution in [0.25, 0.3) is 0 Å². The summed E-state index contributed by atoms with van der Waals surface area (Å²) in [6, 6.07) is 3.60. The van der Waals surface area contributed by atoms with Crippen LogP contribution < -0.4 is 10.6 Å². The lowest BCUT2D eigenvalue weighted by Gasteiger charge is -2.12. The zero-order valence-corrected chi connectivity index (χ0v) is 16.2. The number of rotatable bonds is 8. The minimum absolute atomic E-state index is 0. The predicted octanol–water partition coefficient (Wildman–Crippen LogP) is 2.64. The van der Waals surface area contributed by atoms with E-state index in [0.717, 1.165) is 11.4 Å². The third-order valence-corrected chi connectivity index (χ3v) is 3.76. The summed E-state index contributed by atoms with van der Waals surface area (Å²) < 4.78 is 5.92. The van der Waals surface area contributed by atoms with E-state index < -0.39 is 6.10 Å². The van der Waals surface area contributed by atoms with Gasteiger partial charge in [-0.2, -0.15) is 0 Å². The maximum absolute atomic E-state index is 10.0. The average molecular weight is 448 g/mol. The molecule has 1 rings (SSSR count). The van der Waals surface area contributed by atoms with Crippen molar-refractivity contribution in [3.8, 4) is 0 Å². The fraction of sp³-hybridized carbons (Fsp3) is 0.615. The van der Waals surface area contributed by atoms with Crippen LogP contribution in [0.5, 0.6) is 0 Å². The second kappa shape index (κ2) is 12.5. The van der Waals surface area contributed by atoms with Crippen LogP contribution in [0.2, 0.25) is 4.34 Å². The number of aliphatic imine (C=N–C) groups is 1. The topological polar surface area (TPSA) is 65.9 Å². The zero-order chi connectivity index (χ0) is 14.8. The van der Waals surface area contributed by atoms with Crippen LogP contribution in [0.15, 0.2) is 17.1 Å². The largest absolute Gasteiger partial charge is 0.386 e. The lowest BCUT2D eigenvalue weighted by molar-refractivity contribution is 0.152. The highest BCUT2D eigenvalue weighted by Crippen LogP contribution is 2.26. The first kappa shape index (κ1) is 20.9. The summed E-state index contributed by atoms with van der Waals surface area (Å²) in [7, 11) is 0. The van der Waals surface area contributed by atoms with Crippen LogP contribution in [-0.4, -0.2) is 43.9 Å². The maximum atomic E-state index is 10.0. The molecule has 122 valence electrons. The highest BCUT2D eigenvalue weighted by atomic mass is 127. The molecule has 0 aromatic carbocycles. The first-order chi connectivity index (χ1) is 9.67. The molecular weight excluding hydrogens is 425 g/mol. The Morgan fingerprint density at radius 3 is 2.76 bits per heavy atom. The van der Waals surface area contributed by atoms with Crippen LogP contribution in [0, 0.1) is 0 Å². The molecule has 5 nitrogen and oxygen atoms in total. The summed E-state index contributed by atoms with van der Waals surface area (Å²) in [5.74, 6) is 0.675. The number of halogens is 2. The second-order valence-electron chi connectivity index (χ2n) is 4.00. The Labute approximate surface area is 152 Å². The lowest BCUT2D eigenvalue weighted by atomic mass is 10.3. The Morgan fingerprint density at radius 1 is 1.43 bits per heavy atom. The monoisotopic (exact) mass is 447 g/mol. The number of nitrogens with one attached hydrogen (secondary N) is 2. The molecule has 0 aliphatic rings. The second-order valence-corrected chi connectivity index (χ2v) is 5.75. The van der Waals surface area contributed by atoms with Crippen LogP contribution in [0.4, 0.5) is 0 Å². The molecule has 0 saturated carbocycles. The normalized spacial score (nSPS) is 12.7. The van der Waals surface area contributed by atoms with Crippen molar-refractivity contribution in [3.05, 3.63) is 21.3 Å². The standard InChI is InChI=1S/C13H22ClN3O2S.HI/c1-3-15-13(16-7-8-19-4-2)17-9-10(18)11-5-6-12(14)20-11;/h5-6,10,18H,3-4,7-9H2,1-2H3,(H2,15,16,17);1H. The molecule has 8 heteroatoms. The van der Waals surface area contributed by atoms with Crippen molar-refractivity contribution < 1.29 is 9.84 Å². The van der Waals surface area contributed by atoms with Gasteiger partial charge in [0.1, 0.15) is 6.10 Å². The quantitative estimate of drug-likeness (QED) is 0.248. The van der Waals surface area contributed by atoms with E-state index in [9.17, 15) is 5.11 Å². The third kappa shape index (κ3) is 8.82. The highest BCUT2D eigenvalue weighted by molar-refractivity contribution is 14.0. The first-order valence-corrected chi connectivity index (χ1v) is 7.90. The van der Waals surface area contributed by atoms with E-state index >= 15 is 0 Å². The highest BCUT2D eigenvalue weighted by Gasteiger charge is 2.10. The van der Waals surface area contributed by atoms with E-state index in [1.807, 2.05) is 19.9 Å². The van der Waals surface area contributed by atoms with Gasteiger partial charge in [-0.3, -0.25) is 4.99 Å². The van der Waals surface area contributed by atoms with Gasteiger partial charge in [0.25, 0.3) is 0 Å². The number of aliphatic hydroxyl groups excluding tert-OH is 1. The maximum Gasteiger partial charge on any atom is 0.191 e. The molecule has 0 aliphatic heterocycles. The van der Waals surface area contributed by atoms with E-state index in [-0.39, 0.29) is 24.0 Å². The smallest absolute Gasteiger partial charge is 0.191 e. The number of ether oxygens (including phenoxy) is 1. The number of nitrogens with zero attached hydrogens (tertiary/aromatic N) is 1. The molecule has 0 aliphatic carbocycles. The van der Waals surface area contributed by atoms with E-state index in [1.165, 1.54) is 11.3 Å². The van der Waals surface area contributed by atoms with Gasteiger partial charge in [0, 0.05) is 24.6 Å². The number of thiophene rings is 1. The fourth-order valence-corrected chi connectivity index (χ4v) is 2.54. The van der Waals surface area contributed by atoms with Crippen molar-refractivity contribution in [3.63, 3.8) is 0 Å². The van der Waals surface area contributed by atoms with Crippen LogP contribution in [0.3, 0.4) is 0 Å². The van der Waals surface area contributed by atoms with Crippen molar-refractivity contribution in [1.82, 2.24) is 10.6 Å². The van der Waals surface area contributed by atoms with Crippen molar-refractivity contribution in [2.24, 2.45) is 4.99 Å². The molecule has 3 N–H and O–H groups in total. The number of guanidine groups is 1. The van der Waals surface area contributed by atoms with Gasteiger partial charge in [0.05, 0.1) is 17.5 Å². The van der Waals surface area contributed by atoms with Gasteiger partial charge in [-0.05, 0) is 26.0 Å². The molecule has 0 amide bonds. The Balaban J connectivity index is 0.00000400. The Morgan fingerprint density at radius 2 is 2.19 bits per heavy atom. The van der Waals surface area contributed by atoms with Gasteiger partial charge in [-0.25, -0.2) is 0 Å². The molecule has 1 aromatic heterocycles. The summed E-state index contributed by atoms with van der Waals surface area (Å²) in [6.45, 7) is 7.02.